The Morgan fingerprint density at radius 1 is 0.301 bits per heavy atom. The summed E-state index contributed by atoms with van der Waals surface area (Å²) in [6, 6.07) is 0. The van der Waals surface area contributed by atoms with Gasteiger partial charge in [-0.15, -0.1) is 0 Å². The highest BCUT2D eigenvalue weighted by atomic mass is 31.2. The van der Waals surface area contributed by atoms with Crippen LogP contribution in [0.3, 0.4) is 0 Å². The van der Waals surface area contributed by atoms with Crippen molar-refractivity contribution in [2.45, 2.75) is 388 Å². The Labute approximate surface area is 568 Å². The Morgan fingerprint density at radius 3 is 0.763 bits per heavy atom. The van der Waals surface area contributed by atoms with E-state index in [4.69, 9.17) is 37.0 Å². The monoisotopic (exact) mass is 1370 g/mol. The molecule has 0 radical (unpaired) electrons. The molecule has 0 aliphatic carbocycles. The van der Waals surface area contributed by atoms with Gasteiger partial charge in [0, 0.05) is 25.7 Å². The number of unbranched alkanes of at least 4 members (excludes halogenated alkanes) is 36. The summed E-state index contributed by atoms with van der Waals surface area (Å²) in [5, 5.41) is 10.6. The minimum absolute atomic E-state index is 0.104. The second kappa shape index (κ2) is 63.5. The average molecular weight is 1370 g/mol. The number of aliphatic hydroxyl groups excluding tert-OH is 1. The van der Waals surface area contributed by atoms with Crippen molar-refractivity contribution < 1.29 is 80.2 Å². The smallest absolute Gasteiger partial charge is 0.462 e. The largest absolute Gasteiger partial charge is 0.472 e. The number of phosphoric ester groups is 2. The first kappa shape index (κ1) is 91.1. The number of esters is 4. The SMILES string of the molecule is CCC(C)CCCCCCCCCCCCCCCCC(=O)OC[C@H](COP(=O)(O)OCC(O)COP(=O)(O)OC[C@@H](COC(=O)CCCCCCCCCC(C)C)OC(=O)CCCCCCCCCCCCCC(C)C)OC(=O)CCCCCCCCCCC(C)C. The van der Waals surface area contributed by atoms with Gasteiger partial charge >= 0.3 is 39.5 Å². The summed E-state index contributed by atoms with van der Waals surface area (Å²) in [7, 11) is -9.91. The maximum Gasteiger partial charge on any atom is 0.472 e. The summed E-state index contributed by atoms with van der Waals surface area (Å²) in [5.41, 5.74) is 0. The predicted molar refractivity (Wildman–Crippen MR) is 377 cm³/mol. The van der Waals surface area contributed by atoms with E-state index in [1.165, 1.54) is 167 Å². The maximum absolute atomic E-state index is 13.0. The highest BCUT2D eigenvalue weighted by Crippen LogP contribution is 2.45. The van der Waals surface area contributed by atoms with Crippen molar-refractivity contribution in [2.75, 3.05) is 39.6 Å². The standard InChI is InChI=1S/C74H144O17P2/c1-9-67(8)53-45-37-29-20-16-12-10-11-13-17-21-30-38-46-54-71(76)84-60-69(91-74(79)57-49-41-32-24-23-27-35-43-51-65(4)5)62-88-92(80,81)86-58-68(75)59-87-93(82,83)89-63-70(61-85-72(77)55-47-39-33-25-28-36-44-52-66(6)7)90-73(78)56-48-40-31-22-18-14-15-19-26-34-42-50-64(2)3/h64-70,75H,9-63H2,1-8H3,(H,80,81)(H,82,83)/t67?,68?,69-,70-/m1/s1. The second-order valence-electron chi connectivity index (χ2n) is 28.4. The molecule has 0 aromatic rings. The lowest BCUT2D eigenvalue weighted by Crippen LogP contribution is -2.30. The average Bonchev–Trinajstić information content (AvgIpc) is 1.55. The lowest BCUT2D eigenvalue weighted by atomic mass is 9.99. The lowest BCUT2D eigenvalue weighted by molar-refractivity contribution is -0.161. The van der Waals surface area contributed by atoms with Crippen LogP contribution in [0.25, 0.3) is 0 Å². The van der Waals surface area contributed by atoms with Gasteiger partial charge in [0.2, 0.25) is 0 Å². The topological polar surface area (TPSA) is 237 Å². The number of rotatable bonds is 71. The molecule has 0 heterocycles. The van der Waals surface area contributed by atoms with Crippen LogP contribution in [0.5, 0.6) is 0 Å². The normalized spacial score (nSPS) is 14.5. The van der Waals surface area contributed by atoms with E-state index in [-0.39, 0.29) is 25.7 Å². The Balaban J connectivity index is 5.21. The molecule has 0 aromatic heterocycles. The van der Waals surface area contributed by atoms with Crippen LogP contribution in [0.2, 0.25) is 0 Å². The summed E-state index contributed by atoms with van der Waals surface area (Å²) in [5.74, 6) is 0.913. The van der Waals surface area contributed by atoms with E-state index in [1.807, 2.05) is 0 Å². The third-order valence-electron chi connectivity index (χ3n) is 17.4. The summed E-state index contributed by atoms with van der Waals surface area (Å²) in [4.78, 5) is 72.7. The van der Waals surface area contributed by atoms with E-state index in [0.717, 1.165) is 114 Å². The Bertz CT molecular complexity index is 1840. The molecule has 0 aliphatic rings. The first-order valence-electron chi connectivity index (χ1n) is 38.2. The third-order valence-corrected chi connectivity index (χ3v) is 19.3. The highest BCUT2D eigenvalue weighted by Gasteiger charge is 2.30. The zero-order valence-electron chi connectivity index (χ0n) is 60.9. The highest BCUT2D eigenvalue weighted by molar-refractivity contribution is 7.47. The fourth-order valence-electron chi connectivity index (χ4n) is 11.2. The van der Waals surface area contributed by atoms with E-state index in [0.29, 0.717) is 31.6 Å². The lowest BCUT2D eigenvalue weighted by Gasteiger charge is -2.21. The van der Waals surface area contributed by atoms with Crippen molar-refractivity contribution in [3.8, 4) is 0 Å². The fraction of sp³-hybridized carbons (Fsp3) is 0.946. The molecular weight excluding hydrogens is 1220 g/mol. The second-order valence-corrected chi connectivity index (χ2v) is 31.3. The molecule has 0 bridgehead atoms. The van der Waals surface area contributed by atoms with E-state index < -0.39 is 97.5 Å². The van der Waals surface area contributed by atoms with Crippen LogP contribution in [-0.4, -0.2) is 96.7 Å². The molecular formula is C74H144O17P2. The van der Waals surface area contributed by atoms with Crippen LogP contribution < -0.4 is 0 Å². The first-order valence-corrected chi connectivity index (χ1v) is 41.2. The fourth-order valence-corrected chi connectivity index (χ4v) is 12.7. The quantitative estimate of drug-likeness (QED) is 0.0222. The summed E-state index contributed by atoms with van der Waals surface area (Å²) in [6.07, 6.45) is 47.3. The number of phosphoric acid groups is 2. The maximum atomic E-state index is 13.0. The van der Waals surface area contributed by atoms with Crippen LogP contribution >= 0.6 is 15.6 Å². The van der Waals surface area contributed by atoms with E-state index in [9.17, 15) is 43.2 Å². The third kappa shape index (κ3) is 67.0. The molecule has 0 fully saturated rings. The number of carbonyl (C=O) groups is 4. The minimum atomic E-state index is -4.96. The van der Waals surface area contributed by atoms with Crippen LogP contribution in [0.4, 0.5) is 0 Å². The van der Waals surface area contributed by atoms with Gasteiger partial charge in [0.1, 0.15) is 19.3 Å². The number of carbonyl (C=O) groups excluding carboxylic acids is 4. The molecule has 93 heavy (non-hydrogen) atoms. The summed E-state index contributed by atoms with van der Waals surface area (Å²) in [6.45, 7) is 14.1. The molecule has 0 spiro atoms. The first-order chi connectivity index (χ1) is 44.6. The molecule has 3 N–H and O–H groups in total. The molecule has 19 heteroatoms. The molecule has 0 amide bonds. The van der Waals surface area contributed by atoms with Gasteiger partial charge in [-0.05, 0) is 49.4 Å². The molecule has 0 rings (SSSR count). The van der Waals surface area contributed by atoms with Crippen LogP contribution in [0, 0.1) is 23.7 Å². The van der Waals surface area contributed by atoms with Crippen LogP contribution in [0.1, 0.15) is 370 Å². The zero-order chi connectivity index (χ0) is 68.9. The van der Waals surface area contributed by atoms with Gasteiger partial charge in [-0.25, -0.2) is 9.13 Å². The van der Waals surface area contributed by atoms with Gasteiger partial charge in [-0.2, -0.15) is 0 Å². The Morgan fingerprint density at radius 2 is 0.516 bits per heavy atom. The van der Waals surface area contributed by atoms with Crippen molar-refractivity contribution in [3.05, 3.63) is 0 Å². The van der Waals surface area contributed by atoms with E-state index in [1.54, 1.807) is 0 Å². The predicted octanol–water partition coefficient (Wildman–Crippen LogP) is 21.3. The molecule has 4 unspecified atom stereocenters. The van der Waals surface area contributed by atoms with Gasteiger partial charge in [-0.1, -0.05) is 319 Å². The van der Waals surface area contributed by atoms with Crippen molar-refractivity contribution in [1.82, 2.24) is 0 Å². The zero-order valence-corrected chi connectivity index (χ0v) is 62.7. The van der Waals surface area contributed by atoms with Crippen molar-refractivity contribution in [1.29, 1.82) is 0 Å². The van der Waals surface area contributed by atoms with Gasteiger partial charge in [0.25, 0.3) is 0 Å². The molecule has 0 saturated heterocycles. The molecule has 6 atom stereocenters. The van der Waals surface area contributed by atoms with Gasteiger partial charge < -0.3 is 33.8 Å². The Hall–Kier alpha value is -1.94. The van der Waals surface area contributed by atoms with Crippen LogP contribution in [0.15, 0.2) is 0 Å². The number of aliphatic hydroxyl groups is 1. The van der Waals surface area contributed by atoms with Crippen molar-refractivity contribution in [3.63, 3.8) is 0 Å². The van der Waals surface area contributed by atoms with Crippen LogP contribution in [-0.2, 0) is 65.4 Å². The molecule has 0 aromatic carbocycles. The van der Waals surface area contributed by atoms with E-state index >= 15 is 0 Å². The summed E-state index contributed by atoms with van der Waals surface area (Å²) < 4.78 is 68.4. The minimum Gasteiger partial charge on any atom is -0.462 e. The molecule has 0 saturated carbocycles. The van der Waals surface area contributed by atoms with Gasteiger partial charge in [-0.3, -0.25) is 37.3 Å². The molecule has 0 aliphatic heterocycles. The molecule has 552 valence electrons. The van der Waals surface area contributed by atoms with Crippen molar-refractivity contribution in [2.24, 2.45) is 23.7 Å². The van der Waals surface area contributed by atoms with E-state index in [2.05, 4.69) is 55.4 Å². The van der Waals surface area contributed by atoms with Gasteiger partial charge in [0.15, 0.2) is 12.2 Å². The Kier molecular flexibility index (Phi) is 62.2. The molecule has 17 nitrogen and oxygen atoms in total. The summed E-state index contributed by atoms with van der Waals surface area (Å²) >= 11 is 0. The number of hydrogen-bond acceptors (Lipinski definition) is 15. The number of hydrogen-bond donors (Lipinski definition) is 3. The van der Waals surface area contributed by atoms with Gasteiger partial charge in [0.05, 0.1) is 26.4 Å². The number of ether oxygens (including phenoxy) is 4. The van der Waals surface area contributed by atoms with Crippen molar-refractivity contribution >= 4 is 39.5 Å².